The Labute approximate surface area is 151 Å². The van der Waals surface area contributed by atoms with E-state index in [1.807, 2.05) is 0 Å². The first-order chi connectivity index (χ1) is 12.6. The summed E-state index contributed by atoms with van der Waals surface area (Å²) in [5.74, 6) is 1.51. The molecule has 1 aromatic heterocycles. The molecule has 0 radical (unpaired) electrons. The molecule has 8 nitrogen and oxygen atoms in total. The van der Waals surface area contributed by atoms with Crippen LogP contribution in [0.1, 0.15) is 0 Å². The van der Waals surface area contributed by atoms with Crippen molar-refractivity contribution < 1.29 is 9.18 Å². The van der Waals surface area contributed by atoms with Gasteiger partial charge in [-0.15, -0.1) is 0 Å². The van der Waals surface area contributed by atoms with Gasteiger partial charge in [0.2, 0.25) is 0 Å². The molecule has 140 valence electrons. The number of aliphatic imine (C=N–C) groups is 1. The largest absolute Gasteiger partial charge is 0.405 e. The summed E-state index contributed by atoms with van der Waals surface area (Å²) in [5, 5.41) is 2.77. The molecule has 2 unspecified atom stereocenters. The van der Waals surface area contributed by atoms with Crippen LogP contribution in [0.3, 0.4) is 0 Å². The Kier molecular flexibility index (Phi) is 5.67. The number of carbonyl (C=O) groups excluding carboxylic acids is 1. The molecule has 2 atom stereocenters. The van der Waals surface area contributed by atoms with Crippen molar-refractivity contribution in [2.24, 2.45) is 22.6 Å². The summed E-state index contributed by atoms with van der Waals surface area (Å²) < 4.78 is 12.5. The number of amides is 2. The molecule has 2 fully saturated rings. The third-order valence-corrected chi connectivity index (χ3v) is 4.79. The molecular formula is C17H24FN7O. The molecule has 2 amide bonds. The summed E-state index contributed by atoms with van der Waals surface area (Å²) in [6.45, 7) is 3.17. The van der Waals surface area contributed by atoms with Crippen molar-refractivity contribution in [3.8, 4) is 0 Å². The highest BCUT2D eigenvalue weighted by Gasteiger charge is 2.41. The second-order valence-electron chi connectivity index (χ2n) is 6.57. The number of halogens is 1. The van der Waals surface area contributed by atoms with Crippen LogP contribution in [0.15, 0.2) is 29.4 Å². The smallest absolute Gasteiger partial charge is 0.323 e. The molecule has 2 aliphatic heterocycles. The van der Waals surface area contributed by atoms with Gasteiger partial charge in [0.05, 0.1) is 5.69 Å². The van der Waals surface area contributed by atoms with E-state index in [1.54, 1.807) is 23.1 Å². The molecule has 1 aromatic rings. The van der Waals surface area contributed by atoms with Gasteiger partial charge in [0.15, 0.2) is 11.6 Å². The number of alkyl halides is 1. The Morgan fingerprint density at radius 1 is 1.35 bits per heavy atom. The highest BCUT2D eigenvalue weighted by atomic mass is 19.1. The summed E-state index contributed by atoms with van der Waals surface area (Å²) in [7, 11) is 0. The Bertz CT molecular complexity index is 694. The average Bonchev–Trinajstić information content (AvgIpc) is 3.17. The Hall–Kier alpha value is -2.68. The zero-order valence-electron chi connectivity index (χ0n) is 14.5. The maximum Gasteiger partial charge on any atom is 0.323 e. The Morgan fingerprint density at radius 2 is 2.08 bits per heavy atom. The molecule has 0 bridgehead atoms. The number of carbonyl (C=O) groups is 1. The van der Waals surface area contributed by atoms with E-state index in [9.17, 15) is 9.18 Å². The van der Waals surface area contributed by atoms with Crippen molar-refractivity contribution >= 4 is 29.6 Å². The minimum atomic E-state index is -0.325. The number of allylic oxidation sites excluding steroid dienone is 1. The van der Waals surface area contributed by atoms with Crippen molar-refractivity contribution in [1.29, 1.82) is 0 Å². The van der Waals surface area contributed by atoms with Gasteiger partial charge >= 0.3 is 6.03 Å². The van der Waals surface area contributed by atoms with Gasteiger partial charge < -0.3 is 21.3 Å². The molecule has 3 heterocycles. The van der Waals surface area contributed by atoms with Crippen LogP contribution in [0.4, 0.5) is 26.5 Å². The molecule has 0 saturated carbocycles. The van der Waals surface area contributed by atoms with Crippen LogP contribution < -0.4 is 16.8 Å². The van der Waals surface area contributed by atoms with Gasteiger partial charge in [-0.25, -0.2) is 19.2 Å². The van der Waals surface area contributed by atoms with Crippen molar-refractivity contribution in [1.82, 2.24) is 14.8 Å². The maximum atomic E-state index is 12.6. The molecule has 0 aromatic carbocycles. The van der Waals surface area contributed by atoms with Gasteiger partial charge in [-0.1, -0.05) is 0 Å². The lowest BCUT2D eigenvalue weighted by Crippen LogP contribution is -2.36. The quantitative estimate of drug-likeness (QED) is 0.682. The first-order valence-corrected chi connectivity index (χ1v) is 8.62. The summed E-state index contributed by atoms with van der Waals surface area (Å²) in [6, 6.07) is 3.08. The van der Waals surface area contributed by atoms with Gasteiger partial charge in [0.1, 0.15) is 6.67 Å². The number of urea groups is 1. The minimum absolute atomic E-state index is 0.223. The van der Waals surface area contributed by atoms with E-state index in [-0.39, 0.29) is 18.5 Å². The van der Waals surface area contributed by atoms with Gasteiger partial charge in [0, 0.05) is 38.9 Å². The van der Waals surface area contributed by atoms with Crippen LogP contribution in [-0.4, -0.2) is 66.4 Å². The summed E-state index contributed by atoms with van der Waals surface area (Å²) in [6.07, 6.45) is 4.45. The number of pyridine rings is 1. The maximum absolute atomic E-state index is 12.6. The fourth-order valence-corrected chi connectivity index (χ4v) is 3.54. The van der Waals surface area contributed by atoms with Crippen molar-refractivity contribution in [2.45, 2.75) is 0 Å². The fourth-order valence-electron chi connectivity index (χ4n) is 3.54. The zero-order chi connectivity index (χ0) is 18.5. The van der Waals surface area contributed by atoms with Gasteiger partial charge in [-0.3, -0.25) is 5.32 Å². The number of anilines is 2. The van der Waals surface area contributed by atoms with E-state index in [2.05, 4.69) is 20.2 Å². The standard InChI is InChI=1S/C17H24FN7O/c18-4-7-24-8-12-10-25(11-13(12)9-24)17(26)23-16-14(20)2-3-15(22-16)21-6-1-5-19/h1-3,5-6,12-13H,4,7-11,19-20H2,(H,22,23,26). The van der Waals surface area contributed by atoms with Crippen LogP contribution in [0.5, 0.6) is 0 Å². The zero-order valence-corrected chi connectivity index (χ0v) is 14.5. The number of nitrogen functional groups attached to an aromatic ring is 1. The third-order valence-electron chi connectivity index (χ3n) is 4.79. The van der Waals surface area contributed by atoms with Crippen molar-refractivity contribution in [3.05, 3.63) is 24.4 Å². The highest BCUT2D eigenvalue weighted by molar-refractivity contribution is 5.91. The SMILES string of the molecule is NC=CC=Nc1ccc(N)c(NC(=O)N2CC3CN(CCF)CC3C2)n1. The summed E-state index contributed by atoms with van der Waals surface area (Å²) in [5.41, 5.74) is 11.5. The summed E-state index contributed by atoms with van der Waals surface area (Å²) in [4.78, 5) is 24.8. The number of aromatic nitrogens is 1. The van der Waals surface area contributed by atoms with Crippen LogP contribution in [0, 0.1) is 11.8 Å². The first kappa shape index (κ1) is 18.1. The topological polar surface area (TPSA) is 113 Å². The van der Waals surface area contributed by atoms with Crippen LogP contribution in [-0.2, 0) is 0 Å². The monoisotopic (exact) mass is 361 g/mol. The molecular weight excluding hydrogens is 337 g/mol. The average molecular weight is 361 g/mol. The number of hydrogen-bond donors (Lipinski definition) is 3. The van der Waals surface area contributed by atoms with E-state index >= 15 is 0 Å². The second-order valence-corrected chi connectivity index (χ2v) is 6.57. The molecule has 3 rings (SSSR count). The molecule has 0 aliphatic carbocycles. The van der Waals surface area contributed by atoms with E-state index in [0.29, 0.717) is 43.0 Å². The normalized spacial score (nSPS) is 23.2. The second kappa shape index (κ2) is 8.13. The van der Waals surface area contributed by atoms with Gasteiger partial charge in [-0.2, -0.15) is 0 Å². The number of fused-ring (bicyclic) bond motifs is 1. The Morgan fingerprint density at radius 3 is 2.73 bits per heavy atom. The number of nitrogens with two attached hydrogens (primary N) is 2. The third kappa shape index (κ3) is 4.10. The van der Waals surface area contributed by atoms with Gasteiger partial charge in [0.25, 0.3) is 0 Å². The summed E-state index contributed by atoms with van der Waals surface area (Å²) >= 11 is 0. The van der Waals surface area contributed by atoms with Gasteiger partial charge in [-0.05, 0) is 36.2 Å². The van der Waals surface area contributed by atoms with Crippen molar-refractivity contribution in [2.75, 3.05) is 50.4 Å². The number of likely N-dealkylation sites (tertiary alicyclic amines) is 2. The fraction of sp³-hybridized carbons (Fsp3) is 0.471. The molecule has 2 aliphatic rings. The molecule has 2 saturated heterocycles. The number of hydrogen-bond acceptors (Lipinski definition) is 6. The van der Waals surface area contributed by atoms with E-state index in [4.69, 9.17) is 11.5 Å². The lowest BCUT2D eigenvalue weighted by Gasteiger charge is -2.21. The Balaban J connectivity index is 1.60. The van der Waals surface area contributed by atoms with E-state index in [0.717, 1.165) is 13.1 Å². The lowest BCUT2D eigenvalue weighted by atomic mass is 10.0. The van der Waals surface area contributed by atoms with E-state index in [1.165, 1.54) is 12.4 Å². The lowest BCUT2D eigenvalue weighted by molar-refractivity contribution is 0.210. The number of nitrogens with one attached hydrogen (secondary N) is 1. The molecule has 26 heavy (non-hydrogen) atoms. The van der Waals surface area contributed by atoms with E-state index < -0.39 is 0 Å². The molecule has 9 heteroatoms. The predicted molar refractivity (Wildman–Crippen MR) is 100 cm³/mol. The van der Waals surface area contributed by atoms with Crippen LogP contribution in [0.25, 0.3) is 0 Å². The van der Waals surface area contributed by atoms with Crippen LogP contribution in [0.2, 0.25) is 0 Å². The van der Waals surface area contributed by atoms with Crippen molar-refractivity contribution in [3.63, 3.8) is 0 Å². The number of nitrogens with zero attached hydrogens (tertiary/aromatic N) is 4. The number of rotatable bonds is 5. The molecule has 0 spiro atoms. The predicted octanol–water partition coefficient (Wildman–Crippen LogP) is 1.20. The molecule has 5 N–H and O–H groups in total. The highest BCUT2D eigenvalue weighted by Crippen LogP contribution is 2.31. The minimum Gasteiger partial charge on any atom is -0.405 e. The van der Waals surface area contributed by atoms with Crippen LogP contribution >= 0.6 is 0 Å². The first-order valence-electron chi connectivity index (χ1n) is 8.62.